The molecule has 0 unspecified atom stereocenters. The fourth-order valence-corrected chi connectivity index (χ4v) is 2.26. The van der Waals surface area contributed by atoms with Crippen LogP contribution in [0.3, 0.4) is 0 Å². The van der Waals surface area contributed by atoms with Crippen LogP contribution in [0.4, 0.5) is 4.39 Å². The molecule has 1 atom stereocenters. The predicted molar refractivity (Wildman–Crippen MR) is 93.6 cm³/mol. The SMILES string of the molecule is CC(C)(C)OC(=O)[C@H](Cc1ccccc1)NC(=O)c1ccc(F)cc1. The molecule has 0 fully saturated rings. The van der Waals surface area contributed by atoms with Gasteiger partial charge >= 0.3 is 5.97 Å². The van der Waals surface area contributed by atoms with Gasteiger partial charge in [0.2, 0.25) is 0 Å². The highest BCUT2D eigenvalue weighted by molar-refractivity contribution is 5.96. The van der Waals surface area contributed by atoms with Crippen molar-refractivity contribution in [3.05, 3.63) is 71.5 Å². The van der Waals surface area contributed by atoms with Crippen LogP contribution >= 0.6 is 0 Å². The molecule has 0 radical (unpaired) electrons. The van der Waals surface area contributed by atoms with E-state index < -0.39 is 29.3 Å². The Morgan fingerprint density at radius 3 is 2.20 bits per heavy atom. The van der Waals surface area contributed by atoms with Crippen molar-refractivity contribution in [3.63, 3.8) is 0 Å². The summed E-state index contributed by atoms with van der Waals surface area (Å²) in [7, 11) is 0. The molecule has 1 N–H and O–H groups in total. The number of carbonyl (C=O) groups excluding carboxylic acids is 2. The molecular formula is C20H22FNO3. The lowest BCUT2D eigenvalue weighted by Crippen LogP contribution is -2.45. The van der Waals surface area contributed by atoms with Gasteiger partial charge in [-0.3, -0.25) is 4.79 Å². The molecule has 2 rings (SSSR count). The molecular weight excluding hydrogens is 321 g/mol. The van der Waals surface area contributed by atoms with E-state index in [2.05, 4.69) is 5.32 Å². The second-order valence-electron chi connectivity index (χ2n) is 6.76. The van der Waals surface area contributed by atoms with E-state index in [0.29, 0.717) is 6.42 Å². The number of hydrogen-bond acceptors (Lipinski definition) is 3. The van der Waals surface area contributed by atoms with Crippen molar-refractivity contribution in [2.45, 2.75) is 38.8 Å². The van der Waals surface area contributed by atoms with Gasteiger partial charge in [-0.15, -0.1) is 0 Å². The molecule has 0 aromatic heterocycles. The van der Waals surface area contributed by atoms with Crippen LogP contribution in [0, 0.1) is 5.82 Å². The van der Waals surface area contributed by atoms with Gasteiger partial charge < -0.3 is 10.1 Å². The molecule has 0 aliphatic heterocycles. The fraction of sp³-hybridized carbons (Fsp3) is 0.300. The van der Waals surface area contributed by atoms with Crippen LogP contribution in [0.25, 0.3) is 0 Å². The number of ether oxygens (including phenoxy) is 1. The lowest BCUT2D eigenvalue weighted by Gasteiger charge is -2.24. The lowest BCUT2D eigenvalue weighted by atomic mass is 10.0. The van der Waals surface area contributed by atoms with Crippen LogP contribution in [-0.2, 0) is 16.0 Å². The zero-order chi connectivity index (χ0) is 18.4. The highest BCUT2D eigenvalue weighted by Gasteiger charge is 2.27. The zero-order valence-electron chi connectivity index (χ0n) is 14.6. The molecule has 25 heavy (non-hydrogen) atoms. The van der Waals surface area contributed by atoms with Crippen molar-refractivity contribution in [2.24, 2.45) is 0 Å². The monoisotopic (exact) mass is 343 g/mol. The Bertz CT molecular complexity index is 721. The number of benzene rings is 2. The molecule has 5 heteroatoms. The number of carbonyl (C=O) groups is 2. The summed E-state index contributed by atoms with van der Waals surface area (Å²) in [4.78, 5) is 24.9. The largest absolute Gasteiger partial charge is 0.458 e. The van der Waals surface area contributed by atoms with Gasteiger partial charge in [0.1, 0.15) is 17.5 Å². The second-order valence-corrected chi connectivity index (χ2v) is 6.76. The summed E-state index contributed by atoms with van der Waals surface area (Å²) in [6.07, 6.45) is 0.308. The van der Waals surface area contributed by atoms with E-state index in [1.165, 1.54) is 24.3 Å². The topological polar surface area (TPSA) is 55.4 Å². The summed E-state index contributed by atoms with van der Waals surface area (Å²) in [6, 6.07) is 13.7. The standard InChI is InChI=1S/C20H22FNO3/c1-20(2,3)25-19(24)17(13-14-7-5-4-6-8-14)22-18(23)15-9-11-16(21)12-10-15/h4-12,17H,13H2,1-3H3,(H,22,23)/t17-/m0/s1. The van der Waals surface area contributed by atoms with Gasteiger partial charge in [-0.2, -0.15) is 0 Å². The molecule has 0 saturated carbocycles. The number of halogens is 1. The number of amides is 1. The maximum Gasteiger partial charge on any atom is 0.329 e. The molecule has 0 aliphatic rings. The van der Waals surface area contributed by atoms with Crippen LogP contribution in [0.15, 0.2) is 54.6 Å². The minimum absolute atomic E-state index is 0.281. The van der Waals surface area contributed by atoms with Gasteiger partial charge in [-0.25, -0.2) is 9.18 Å². The fourth-order valence-electron chi connectivity index (χ4n) is 2.26. The van der Waals surface area contributed by atoms with Crippen molar-refractivity contribution in [3.8, 4) is 0 Å². The van der Waals surface area contributed by atoms with Gasteiger partial charge in [0, 0.05) is 12.0 Å². The quantitative estimate of drug-likeness (QED) is 0.845. The van der Waals surface area contributed by atoms with Gasteiger partial charge in [0.15, 0.2) is 0 Å². The Morgan fingerprint density at radius 2 is 1.64 bits per heavy atom. The van der Waals surface area contributed by atoms with Crippen molar-refractivity contribution < 1.29 is 18.7 Å². The molecule has 132 valence electrons. The lowest BCUT2D eigenvalue weighted by molar-refractivity contribution is -0.157. The van der Waals surface area contributed by atoms with E-state index in [4.69, 9.17) is 4.74 Å². The average Bonchev–Trinajstić information content (AvgIpc) is 2.54. The van der Waals surface area contributed by atoms with Crippen LogP contribution < -0.4 is 5.32 Å². The third-order valence-electron chi connectivity index (χ3n) is 3.39. The maximum atomic E-state index is 13.0. The third-order valence-corrected chi connectivity index (χ3v) is 3.39. The Balaban J connectivity index is 2.16. The molecule has 0 saturated heterocycles. The van der Waals surface area contributed by atoms with E-state index in [1.54, 1.807) is 20.8 Å². The van der Waals surface area contributed by atoms with Crippen molar-refractivity contribution in [2.75, 3.05) is 0 Å². The van der Waals surface area contributed by atoms with E-state index in [-0.39, 0.29) is 5.56 Å². The van der Waals surface area contributed by atoms with E-state index in [0.717, 1.165) is 5.56 Å². The van der Waals surface area contributed by atoms with Gasteiger partial charge in [-0.05, 0) is 50.6 Å². The van der Waals surface area contributed by atoms with Gasteiger partial charge in [0.25, 0.3) is 5.91 Å². The van der Waals surface area contributed by atoms with Crippen LogP contribution in [0.5, 0.6) is 0 Å². The average molecular weight is 343 g/mol. The number of nitrogens with one attached hydrogen (secondary N) is 1. The molecule has 2 aromatic rings. The zero-order valence-corrected chi connectivity index (χ0v) is 14.6. The third kappa shape index (κ3) is 6.03. The first-order valence-corrected chi connectivity index (χ1v) is 8.08. The number of hydrogen-bond donors (Lipinski definition) is 1. The molecule has 1 amide bonds. The number of esters is 1. The van der Waals surface area contributed by atoms with Crippen molar-refractivity contribution >= 4 is 11.9 Å². The van der Waals surface area contributed by atoms with E-state index in [1.807, 2.05) is 30.3 Å². The first kappa shape index (κ1) is 18.6. The summed E-state index contributed by atoms with van der Waals surface area (Å²) in [5.41, 5.74) is 0.521. The van der Waals surface area contributed by atoms with Gasteiger partial charge in [0.05, 0.1) is 0 Å². The first-order valence-electron chi connectivity index (χ1n) is 8.08. The summed E-state index contributed by atoms with van der Waals surface area (Å²) in [5.74, 6) is -1.39. The van der Waals surface area contributed by atoms with E-state index >= 15 is 0 Å². The Kier molecular flexibility index (Phi) is 5.91. The highest BCUT2D eigenvalue weighted by atomic mass is 19.1. The van der Waals surface area contributed by atoms with E-state index in [9.17, 15) is 14.0 Å². The maximum absolute atomic E-state index is 13.0. The normalized spacial score (nSPS) is 12.3. The Morgan fingerprint density at radius 1 is 1.04 bits per heavy atom. The van der Waals surface area contributed by atoms with Crippen LogP contribution in [0.2, 0.25) is 0 Å². The van der Waals surface area contributed by atoms with Gasteiger partial charge in [-0.1, -0.05) is 30.3 Å². The minimum atomic E-state index is -0.834. The number of rotatable bonds is 5. The summed E-state index contributed by atoms with van der Waals surface area (Å²) < 4.78 is 18.4. The van der Waals surface area contributed by atoms with Crippen LogP contribution in [-0.4, -0.2) is 23.5 Å². The smallest absolute Gasteiger partial charge is 0.329 e. The Labute approximate surface area is 147 Å². The molecule has 4 nitrogen and oxygen atoms in total. The summed E-state index contributed by atoms with van der Waals surface area (Å²) in [6.45, 7) is 5.31. The molecule has 0 heterocycles. The van der Waals surface area contributed by atoms with Crippen LogP contribution in [0.1, 0.15) is 36.7 Å². The van der Waals surface area contributed by atoms with Crippen molar-refractivity contribution in [1.82, 2.24) is 5.32 Å². The van der Waals surface area contributed by atoms with Crippen molar-refractivity contribution in [1.29, 1.82) is 0 Å². The second kappa shape index (κ2) is 7.92. The molecule has 0 bridgehead atoms. The molecule has 0 aliphatic carbocycles. The molecule has 0 spiro atoms. The predicted octanol–water partition coefficient (Wildman–Crippen LogP) is 3.51. The minimum Gasteiger partial charge on any atom is -0.458 e. The Hall–Kier alpha value is -2.69. The summed E-state index contributed by atoms with van der Waals surface area (Å²) >= 11 is 0. The summed E-state index contributed by atoms with van der Waals surface area (Å²) in [5, 5.41) is 2.69. The molecule has 2 aromatic carbocycles. The first-order chi connectivity index (χ1) is 11.7. The highest BCUT2D eigenvalue weighted by Crippen LogP contribution is 2.12.